The van der Waals surface area contributed by atoms with Gasteiger partial charge in [0, 0.05) is 23.7 Å². The molecular formula is C29H25N3O2. The monoisotopic (exact) mass is 447 g/mol. The molecular weight excluding hydrogens is 422 g/mol. The van der Waals surface area contributed by atoms with Crippen LogP contribution in [0, 0.1) is 11.3 Å². The Morgan fingerprint density at radius 1 is 1.00 bits per heavy atom. The molecule has 2 atom stereocenters. The molecule has 2 aromatic carbocycles. The molecule has 3 aliphatic rings. The van der Waals surface area contributed by atoms with Gasteiger partial charge in [-0.05, 0) is 59.6 Å². The van der Waals surface area contributed by atoms with Crippen molar-refractivity contribution >= 4 is 11.7 Å². The van der Waals surface area contributed by atoms with Gasteiger partial charge in [-0.15, -0.1) is 0 Å². The molecule has 0 radical (unpaired) electrons. The van der Waals surface area contributed by atoms with E-state index < -0.39 is 0 Å². The molecule has 0 N–H and O–H groups in total. The van der Waals surface area contributed by atoms with Crippen LogP contribution in [0.5, 0.6) is 0 Å². The van der Waals surface area contributed by atoms with Crippen LogP contribution in [-0.2, 0) is 4.74 Å². The molecule has 3 heterocycles. The first kappa shape index (κ1) is 20.7. The molecule has 5 heteroatoms. The lowest BCUT2D eigenvalue weighted by Gasteiger charge is -2.44. The first-order chi connectivity index (χ1) is 16.7. The Morgan fingerprint density at radius 3 is 2.41 bits per heavy atom. The third kappa shape index (κ3) is 3.38. The fourth-order valence-electron chi connectivity index (χ4n) is 5.94. The maximum atomic E-state index is 13.4. The maximum Gasteiger partial charge on any atom is 0.410 e. The van der Waals surface area contributed by atoms with Crippen LogP contribution in [0.4, 0.5) is 4.79 Å². The molecule has 5 nitrogen and oxygen atoms in total. The Balaban J connectivity index is 1.23. The summed E-state index contributed by atoms with van der Waals surface area (Å²) in [6.07, 6.45) is 7.22. The molecule has 1 saturated heterocycles. The van der Waals surface area contributed by atoms with Gasteiger partial charge in [0.2, 0.25) is 0 Å². The van der Waals surface area contributed by atoms with E-state index in [-0.39, 0.29) is 24.1 Å². The number of carbonyl (C=O) groups is 1. The molecule has 0 saturated carbocycles. The average molecular weight is 448 g/mol. The van der Waals surface area contributed by atoms with Crippen LogP contribution >= 0.6 is 0 Å². The van der Waals surface area contributed by atoms with E-state index in [9.17, 15) is 10.1 Å². The minimum absolute atomic E-state index is 0.00935. The number of nitrogens with zero attached hydrogens (tertiary/aromatic N) is 3. The normalized spacial score (nSPS) is 20.7. The summed E-state index contributed by atoms with van der Waals surface area (Å²) >= 11 is 0. The number of nitriles is 1. The summed E-state index contributed by atoms with van der Waals surface area (Å²) in [4.78, 5) is 19.5. The van der Waals surface area contributed by atoms with E-state index in [1.807, 2.05) is 17.0 Å². The topological polar surface area (TPSA) is 66.2 Å². The Hall–Kier alpha value is -3.91. The molecule has 34 heavy (non-hydrogen) atoms. The third-order valence-electron chi connectivity index (χ3n) is 7.44. The highest BCUT2D eigenvalue weighted by Crippen LogP contribution is 2.45. The minimum Gasteiger partial charge on any atom is -0.448 e. The van der Waals surface area contributed by atoms with Crippen LogP contribution in [-0.4, -0.2) is 34.7 Å². The number of fused-ring (bicyclic) bond motifs is 5. The maximum absolute atomic E-state index is 13.4. The minimum atomic E-state index is -0.237. The van der Waals surface area contributed by atoms with Gasteiger partial charge in [0.05, 0.1) is 6.04 Å². The summed E-state index contributed by atoms with van der Waals surface area (Å²) in [5.74, 6) is 0.0562. The van der Waals surface area contributed by atoms with E-state index in [1.165, 1.54) is 22.3 Å². The third-order valence-corrected chi connectivity index (χ3v) is 7.44. The fraction of sp³-hybridized carbons (Fsp3) is 0.276. The van der Waals surface area contributed by atoms with Gasteiger partial charge in [-0.3, -0.25) is 4.90 Å². The quantitative estimate of drug-likeness (QED) is 0.500. The van der Waals surface area contributed by atoms with Crippen LogP contribution in [0.15, 0.2) is 72.9 Å². The predicted molar refractivity (Wildman–Crippen MR) is 130 cm³/mol. The van der Waals surface area contributed by atoms with E-state index in [0.29, 0.717) is 12.3 Å². The van der Waals surface area contributed by atoms with Crippen molar-refractivity contribution in [1.29, 1.82) is 5.26 Å². The van der Waals surface area contributed by atoms with Crippen molar-refractivity contribution in [2.45, 2.75) is 43.7 Å². The zero-order chi connectivity index (χ0) is 23.1. The van der Waals surface area contributed by atoms with Crippen LogP contribution < -0.4 is 0 Å². The molecule has 3 aromatic rings. The molecule has 0 spiro atoms. The molecule has 168 valence electrons. The SMILES string of the molecule is N#Cc1ncccc1C1=CC2CCCC(C1)N2C(=O)OCC1c2ccccc2-c2ccccc21. The summed E-state index contributed by atoms with van der Waals surface area (Å²) in [6.45, 7) is 0.334. The number of hydrogen-bond donors (Lipinski definition) is 0. The summed E-state index contributed by atoms with van der Waals surface area (Å²) < 4.78 is 5.99. The van der Waals surface area contributed by atoms with E-state index in [4.69, 9.17) is 4.74 Å². The van der Waals surface area contributed by atoms with E-state index in [0.717, 1.165) is 36.8 Å². The molecule has 1 fully saturated rings. The Morgan fingerprint density at radius 2 is 1.71 bits per heavy atom. The van der Waals surface area contributed by atoms with Gasteiger partial charge in [0.25, 0.3) is 0 Å². The molecule has 1 amide bonds. The van der Waals surface area contributed by atoms with Gasteiger partial charge in [-0.2, -0.15) is 5.26 Å². The number of benzene rings is 2. The number of amides is 1. The number of carbonyl (C=O) groups excluding carboxylic acids is 1. The summed E-state index contributed by atoms with van der Waals surface area (Å²) in [6, 6.07) is 22.9. The van der Waals surface area contributed by atoms with Crippen molar-refractivity contribution in [3.63, 3.8) is 0 Å². The molecule has 2 unspecified atom stereocenters. The lowest BCUT2D eigenvalue weighted by atomic mass is 9.83. The first-order valence-electron chi connectivity index (χ1n) is 11.9. The van der Waals surface area contributed by atoms with Crippen LogP contribution in [0.3, 0.4) is 0 Å². The second-order valence-electron chi connectivity index (χ2n) is 9.27. The van der Waals surface area contributed by atoms with Crippen LogP contribution in [0.25, 0.3) is 16.7 Å². The van der Waals surface area contributed by atoms with Crippen molar-refractivity contribution in [3.05, 3.63) is 95.3 Å². The van der Waals surface area contributed by atoms with Crippen molar-refractivity contribution in [2.24, 2.45) is 0 Å². The van der Waals surface area contributed by atoms with Gasteiger partial charge in [0.1, 0.15) is 18.4 Å². The molecule has 2 bridgehead atoms. The van der Waals surface area contributed by atoms with Crippen LogP contribution in [0.2, 0.25) is 0 Å². The van der Waals surface area contributed by atoms with E-state index >= 15 is 0 Å². The number of aromatic nitrogens is 1. The second kappa shape index (κ2) is 8.46. The highest BCUT2D eigenvalue weighted by atomic mass is 16.6. The first-order valence-corrected chi connectivity index (χ1v) is 11.9. The second-order valence-corrected chi connectivity index (χ2v) is 9.27. The van der Waals surface area contributed by atoms with Gasteiger partial charge in [-0.1, -0.05) is 60.7 Å². The van der Waals surface area contributed by atoms with Crippen molar-refractivity contribution in [2.75, 3.05) is 6.61 Å². The number of hydrogen-bond acceptors (Lipinski definition) is 4. The number of piperidine rings is 1. The summed E-state index contributed by atoms with van der Waals surface area (Å²) in [7, 11) is 0. The van der Waals surface area contributed by atoms with Crippen molar-refractivity contribution < 1.29 is 9.53 Å². The van der Waals surface area contributed by atoms with Gasteiger partial charge in [0.15, 0.2) is 0 Å². The number of rotatable bonds is 3. The summed E-state index contributed by atoms with van der Waals surface area (Å²) in [5, 5.41) is 9.48. The fourth-order valence-corrected chi connectivity index (χ4v) is 5.94. The highest BCUT2D eigenvalue weighted by molar-refractivity contribution is 5.79. The highest BCUT2D eigenvalue weighted by Gasteiger charge is 2.39. The predicted octanol–water partition coefficient (Wildman–Crippen LogP) is 5.91. The van der Waals surface area contributed by atoms with Crippen molar-refractivity contribution in [1.82, 2.24) is 9.88 Å². The summed E-state index contributed by atoms with van der Waals surface area (Å²) in [5.41, 5.74) is 7.34. The Bertz CT molecular complexity index is 1290. The Kier molecular flexibility index (Phi) is 5.15. The van der Waals surface area contributed by atoms with Gasteiger partial charge < -0.3 is 4.74 Å². The number of ether oxygens (including phenoxy) is 1. The smallest absolute Gasteiger partial charge is 0.410 e. The largest absolute Gasteiger partial charge is 0.448 e. The standard InChI is InChI=1S/C29H25N3O2/c30-17-28-22(13-6-14-31-28)19-15-20-7-5-8-21(16-19)32(20)29(33)34-18-27-25-11-3-1-9-23(25)24-10-2-4-12-26(24)27/h1-4,6,9-15,20-21,27H,5,7-8,16,18H2. The zero-order valence-corrected chi connectivity index (χ0v) is 18.9. The molecule has 1 aliphatic carbocycles. The van der Waals surface area contributed by atoms with Crippen molar-refractivity contribution in [3.8, 4) is 17.2 Å². The number of pyridine rings is 1. The van der Waals surface area contributed by atoms with Gasteiger partial charge >= 0.3 is 6.09 Å². The van der Waals surface area contributed by atoms with Gasteiger partial charge in [-0.25, -0.2) is 9.78 Å². The van der Waals surface area contributed by atoms with Crippen LogP contribution in [0.1, 0.15) is 54.0 Å². The zero-order valence-electron chi connectivity index (χ0n) is 18.9. The lowest BCUT2D eigenvalue weighted by molar-refractivity contribution is 0.0539. The average Bonchev–Trinajstić information content (AvgIpc) is 3.20. The molecule has 2 aliphatic heterocycles. The molecule has 1 aromatic heterocycles. The van der Waals surface area contributed by atoms with E-state index in [2.05, 4.69) is 65.7 Å². The van der Waals surface area contributed by atoms with E-state index in [1.54, 1.807) is 6.20 Å². The molecule has 6 rings (SSSR count). The lowest BCUT2D eigenvalue weighted by Crippen LogP contribution is -2.52. The Labute approximate surface area is 199 Å².